The summed E-state index contributed by atoms with van der Waals surface area (Å²) in [5.74, 6) is 1.62. The molecular formula is C20H25IN4O. The normalized spacial score (nSPS) is 10.5. The number of aryl methyl sites for hydroxylation is 1. The smallest absolute Gasteiger partial charge is 0.191 e. The summed E-state index contributed by atoms with van der Waals surface area (Å²) < 4.78 is 5.44. The second kappa shape index (κ2) is 11.4. The third kappa shape index (κ3) is 6.56. The molecule has 0 aliphatic carbocycles. The highest BCUT2D eigenvalue weighted by atomic mass is 127. The van der Waals surface area contributed by atoms with Crippen molar-refractivity contribution < 1.29 is 4.74 Å². The first-order valence-corrected chi connectivity index (χ1v) is 8.31. The van der Waals surface area contributed by atoms with Crippen molar-refractivity contribution in [2.45, 2.75) is 26.9 Å². The quantitative estimate of drug-likeness (QED) is 0.388. The topological polar surface area (TPSA) is 69.4 Å². The first kappa shape index (κ1) is 21.8. The highest BCUT2D eigenvalue weighted by molar-refractivity contribution is 14.0. The zero-order chi connectivity index (χ0) is 18.1. The van der Waals surface area contributed by atoms with Crippen LogP contribution in [0.4, 0.5) is 0 Å². The molecule has 0 atom stereocenters. The van der Waals surface area contributed by atoms with Gasteiger partial charge in [-0.05, 0) is 43.2 Å². The summed E-state index contributed by atoms with van der Waals surface area (Å²) in [4.78, 5) is 4.60. The maximum atomic E-state index is 8.85. The number of nitrogens with one attached hydrogen (secondary N) is 2. The Kier molecular flexibility index (Phi) is 9.52. The Bertz CT molecular complexity index is 766. The monoisotopic (exact) mass is 464 g/mol. The van der Waals surface area contributed by atoms with Gasteiger partial charge in [-0.3, -0.25) is 0 Å². The Balaban J connectivity index is 0.00000338. The lowest BCUT2D eigenvalue weighted by atomic mass is 10.1. The number of methoxy groups -OCH3 is 1. The van der Waals surface area contributed by atoms with Crippen LogP contribution < -0.4 is 15.4 Å². The number of nitriles is 1. The van der Waals surface area contributed by atoms with E-state index in [1.807, 2.05) is 44.2 Å². The zero-order valence-electron chi connectivity index (χ0n) is 15.4. The van der Waals surface area contributed by atoms with E-state index in [2.05, 4.69) is 33.8 Å². The molecule has 0 heterocycles. The predicted octanol–water partition coefficient (Wildman–Crippen LogP) is 3.75. The molecule has 0 saturated carbocycles. The van der Waals surface area contributed by atoms with Crippen molar-refractivity contribution in [3.63, 3.8) is 0 Å². The second-order valence-corrected chi connectivity index (χ2v) is 5.67. The van der Waals surface area contributed by atoms with Gasteiger partial charge in [0, 0.05) is 18.7 Å². The van der Waals surface area contributed by atoms with Crippen LogP contribution in [0.3, 0.4) is 0 Å². The van der Waals surface area contributed by atoms with E-state index in [9.17, 15) is 0 Å². The third-order valence-corrected chi connectivity index (χ3v) is 3.74. The van der Waals surface area contributed by atoms with Crippen LogP contribution in [0, 0.1) is 18.3 Å². The summed E-state index contributed by atoms with van der Waals surface area (Å²) in [5.41, 5.74) is 3.97. The summed E-state index contributed by atoms with van der Waals surface area (Å²) >= 11 is 0. The minimum absolute atomic E-state index is 0. The molecule has 138 valence electrons. The molecule has 0 aliphatic rings. The van der Waals surface area contributed by atoms with Gasteiger partial charge in [-0.15, -0.1) is 24.0 Å². The van der Waals surface area contributed by atoms with Gasteiger partial charge in [0.1, 0.15) is 5.75 Å². The van der Waals surface area contributed by atoms with Crippen LogP contribution in [-0.4, -0.2) is 19.6 Å². The van der Waals surface area contributed by atoms with Crippen LogP contribution in [0.5, 0.6) is 5.75 Å². The fraction of sp³-hybridized carbons (Fsp3) is 0.300. The molecule has 26 heavy (non-hydrogen) atoms. The Labute approximate surface area is 172 Å². The number of ether oxygens (including phenoxy) is 1. The minimum atomic E-state index is 0. The standard InChI is InChI=1S/C20H24N4O.HI/c1-4-22-20(23-13-17-8-6-16(12-21)7-9-17)24-14-18-10-5-15(2)11-19(18)25-3;/h5-11H,4,13-14H2,1-3H3,(H2,22,23,24);1H. The number of rotatable bonds is 6. The highest BCUT2D eigenvalue weighted by Crippen LogP contribution is 2.19. The van der Waals surface area contributed by atoms with E-state index in [0.717, 1.165) is 29.4 Å². The zero-order valence-corrected chi connectivity index (χ0v) is 17.7. The van der Waals surface area contributed by atoms with Gasteiger partial charge in [-0.1, -0.05) is 24.3 Å². The number of halogens is 1. The lowest BCUT2D eigenvalue weighted by Crippen LogP contribution is -2.36. The van der Waals surface area contributed by atoms with Gasteiger partial charge in [0.05, 0.1) is 25.3 Å². The molecule has 5 nitrogen and oxygen atoms in total. The molecule has 2 rings (SSSR count). The van der Waals surface area contributed by atoms with Crippen molar-refractivity contribution >= 4 is 29.9 Å². The van der Waals surface area contributed by atoms with E-state index in [-0.39, 0.29) is 24.0 Å². The number of guanidine groups is 1. The molecule has 0 bridgehead atoms. The number of hydrogen-bond donors (Lipinski definition) is 2. The summed E-state index contributed by atoms with van der Waals surface area (Å²) in [7, 11) is 1.68. The molecule has 2 aromatic rings. The van der Waals surface area contributed by atoms with E-state index in [1.54, 1.807) is 7.11 Å². The molecule has 0 aromatic heterocycles. The summed E-state index contributed by atoms with van der Waals surface area (Å²) in [5, 5.41) is 15.4. The molecule has 6 heteroatoms. The van der Waals surface area contributed by atoms with Crippen LogP contribution in [-0.2, 0) is 13.1 Å². The summed E-state index contributed by atoms with van der Waals surface area (Å²) in [6, 6.07) is 15.7. The van der Waals surface area contributed by atoms with Gasteiger partial charge < -0.3 is 15.4 Å². The van der Waals surface area contributed by atoms with Crippen LogP contribution in [0.25, 0.3) is 0 Å². The van der Waals surface area contributed by atoms with Crippen molar-refractivity contribution in [3.8, 4) is 11.8 Å². The molecule has 0 amide bonds. The molecule has 2 N–H and O–H groups in total. The average molecular weight is 464 g/mol. The molecule has 2 aromatic carbocycles. The van der Waals surface area contributed by atoms with Crippen LogP contribution in [0.2, 0.25) is 0 Å². The Hall–Kier alpha value is -2.27. The SMILES string of the molecule is CCNC(=NCc1ccc(C#N)cc1)NCc1ccc(C)cc1OC.I. The van der Waals surface area contributed by atoms with Crippen molar-refractivity contribution in [1.29, 1.82) is 5.26 Å². The molecule has 0 radical (unpaired) electrons. The number of nitrogens with zero attached hydrogens (tertiary/aromatic N) is 2. The fourth-order valence-corrected chi connectivity index (χ4v) is 2.37. The fourth-order valence-electron chi connectivity index (χ4n) is 2.37. The van der Waals surface area contributed by atoms with Gasteiger partial charge in [-0.25, -0.2) is 4.99 Å². The highest BCUT2D eigenvalue weighted by Gasteiger charge is 2.05. The molecule has 0 fully saturated rings. The third-order valence-electron chi connectivity index (χ3n) is 3.74. The Morgan fingerprint density at radius 2 is 1.88 bits per heavy atom. The van der Waals surface area contributed by atoms with Gasteiger partial charge in [-0.2, -0.15) is 5.26 Å². The summed E-state index contributed by atoms with van der Waals surface area (Å²) in [6.45, 7) is 6.03. The molecule has 0 saturated heterocycles. The van der Waals surface area contributed by atoms with E-state index >= 15 is 0 Å². The average Bonchev–Trinajstić information content (AvgIpc) is 2.65. The number of benzene rings is 2. The Morgan fingerprint density at radius 3 is 2.50 bits per heavy atom. The first-order valence-electron chi connectivity index (χ1n) is 8.31. The molecular weight excluding hydrogens is 439 g/mol. The predicted molar refractivity (Wildman–Crippen MR) is 116 cm³/mol. The van der Waals surface area contributed by atoms with E-state index in [1.165, 1.54) is 5.56 Å². The van der Waals surface area contributed by atoms with Crippen molar-refractivity contribution in [3.05, 3.63) is 64.7 Å². The largest absolute Gasteiger partial charge is 0.496 e. The lowest BCUT2D eigenvalue weighted by molar-refractivity contribution is 0.408. The second-order valence-electron chi connectivity index (χ2n) is 5.67. The van der Waals surface area contributed by atoms with Crippen molar-refractivity contribution in [2.75, 3.05) is 13.7 Å². The molecule has 0 spiro atoms. The van der Waals surface area contributed by atoms with Gasteiger partial charge in [0.25, 0.3) is 0 Å². The number of aliphatic imine (C=N–C) groups is 1. The van der Waals surface area contributed by atoms with Crippen molar-refractivity contribution in [2.24, 2.45) is 4.99 Å². The molecule has 0 unspecified atom stereocenters. The van der Waals surface area contributed by atoms with Crippen LogP contribution in [0.1, 0.15) is 29.2 Å². The molecule has 0 aliphatic heterocycles. The van der Waals surface area contributed by atoms with Crippen LogP contribution >= 0.6 is 24.0 Å². The van der Waals surface area contributed by atoms with Gasteiger partial charge >= 0.3 is 0 Å². The first-order chi connectivity index (χ1) is 12.2. The maximum Gasteiger partial charge on any atom is 0.191 e. The Morgan fingerprint density at radius 1 is 1.15 bits per heavy atom. The number of hydrogen-bond acceptors (Lipinski definition) is 3. The van der Waals surface area contributed by atoms with E-state index < -0.39 is 0 Å². The maximum absolute atomic E-state index is 8.85. The van der Waals surface area contributed by atoms with Gasteiger partial charge in [0.2, 0.25) is 0 Å². The lowest BCUT2D eigenvalue weighted by Gasteiger charge is -2.14. The van der Waals surface area contributed by atoms with E-state index in [4.69, 9.17) is 10.00 Å². The summed E-state index contributed by atoms with van der Waals surface area (Å²) in [6.07, 6.45) is 0. The van der Waals surface area contributed by atoms with Gasteiger partial charge in [0.15, 0.2) is 5.96 Å². The van der Waals surface area contributed by atoms with E-state index in [0.29, 0.717) is 18.7 Å². The minimum Gasteiger partial charge on any atom is -0.496 e. The van der Waals surface area contributed by atoms with Crippen molar-refractivity contribution in [1.82, 2.24) is 10.6 Å². The van der Waals surface area contributed by atoms with Crippen LogP contribution in [0.15, 0.2) is 47.5 Å².